The van der Waals surface area contributed by atoms with Crippen molar-refractivity contribution in [2.45, 2.75) is 26.3 Å². The topological polar surface area (TPSA) is 27.3 Å². The average molecular weight is 342 g/mol. The van der Waals surface area contributed by atoms with Gasteiger partial charge >= 0.3 is 0 Å². The highest BCUT2D eigenvalue weighted by Gasteiger charge is 2.13. The van der Waals surface area contributed by atoms with Gasteiger partial charge in [-0.15, -0.1) is 0 Å². The molecular weight excluding hydrogens is 314 g/mol. The minimum atomic E-state index is 0.380. The number of hydrogen-bond donors (Lipinski definition) is 2. The van der Waals surface area contributed by atoms with Crippen LogP contribution >= 0.6 is 12.2 Å². The first-order chi connectivity index (χ1) is 11.5. The van der Waals surface area contributed by atoms with Crippen LogP contribution in [0.1, 0.15) is 16.7 Å². The first-order valence-corrected chi connectivity index (χ1v) is 8.69. The Hall–Kier alpha value is -1.91. The third kappa shape index (κ3) is 5.62. The molecule has 0 saturated carbocycles. The number of benzene rings is 2. The number of likely N-dealkylation sites (N-methyl/N-ethyl adjacent to an activating group) is 1. The van der Waals surface area contributed by atoms with Gasteiger partial charge in [0.2, 0.25) is 0 Å². The van der Waals surface area contributed by atoms with Crippen LogP contribution in [0.2, 0.25) is 0 Å². The summed E-state index contributed by atoms with van der Waals surface area (Å²) in [7, 11) is 4.22. The maximum Gasteiger partial charge on any atom is 0.170 e. The lowest BCUT2D eigenvalue weighted by Crippen LogP contribution is -2.42. The minimum absolute atomic E-state index is 0.380. The molecule has 2 aromatic carbocycles. The Bertz CT molecular complexity index is 668. The molecule has 1 atom stereocenters. The first kappa shape index (κ1) is 18.4. The van der Waals surface area contributed by atoms with Crippen molar-refractivity contribution in [2.24, 2.45) is 0 Å². The second-order valence-electron chi connectivity index (χ2n) is 6.46. The van der Waals surface area contributed by atoms with Gasteiger partial charge in [-0.3, -0.25) is 0 Å². The molecule has 0 bridgehead atoms. The Kier molecular flexibility index (Phi) is 6.76. The molecule has 0 aliphatic heterocycles. The normalized spacial score (nSPS) is 12.0. The highest BCUT2D eigenvalue weighted by atomic mass is 32.1. The molecule has 128 valence electrons. The third-order valence-electron chi connectivity index (χ3n) is 4.18. The Balaban J connectivity index is 1.91. The molecule has 3 nitrogen and oxygen atoms in total. The number of hydrogen-bond acceptors (Lipinski definition) is 2. The molecule has 0 fully saturated rings. The lowest BCUT2D eigenvalue weighted by Gasteiger charge is -2.25. The van der Waals surface area contributed by atoms with Gasteiger partial charge in [-0.2, -0.15) is 0 Å². The molecule has 0 unspecified atom stereocenters. The van der Waals surface area contributed by atoms with Crippen molar-refractivity contribution >= 4 is 23.0 Å². The van der Waals surface area contributed by atoms with Gasteiger partial charge < -0.3 is 15.5 Å². The van der Waals surface area contributed by atoms with E-state index in [1.807, 2.05) is 0 Å². The molecule has 0 amide bonds. The zero-order valence-electron chi connectivity index (χ0n) is 15.0. The summed E-state index contributed by atoms with van der Waals surface area (Å²) in [5.41, 5.74) is 4.82. The number of anilines is 1. The predicted octanol–water partition coefficient (Wildman–Crippen LogP) is 3.76. The summed E-state index contributed by atoms with van der Waals surface area (Å²) in [6.45, 7) is 4.98. The van der Waals surface area contributed by atoms with E-state index in [1.54, 1.807) is 0 Å². The molecule has 2 N–H and O–H groups in total. The molecule has 2 aromatic rings. The van der Waals surface area contributed by atoms with Gasteiger partial charge in [0, 0.05) is 18.3 Å². The molecule has 0 aromatic heterocycles. The van der Waals surface area contributed by atoms with Crippen molar-refractivity contribution in [3.8, 4) is 0 Å². The van der Waals surface area contributed by atoms with Crippen LogP contribution in [-0.4, -0.2) is 36.7 Å². The molecular formula is C20H27N3S. The minimum Gasteiger partial charge on any atom is -0.361 e. The van der Waals surface area contributed by atoms with E-state index in [2.05, 4.69) is 92.0 Å². The molecule has 0 heterocycles. The van der Waals surface area contributed by atoms with Crippen LogP contribution < -0.4 is 10.6 Å². The molecule has 4 heteroatoms. The summed E-state index contributed by atoms with van der Waals surface area (Å²) in [5.74, 6) is 0. The summed E-state index contributed by atoms with van der Waals surface area (Å²) in [6, 6.07) is 17.3. The second-order valence-corrected chi connectivity index (χ2v) is 6.87. The lowest BCUT2D eigenvalue weighted by atomic mass is 10.1. The SMILES string of the molecule is Cc1ccc(C)c(NC(=S)NC[C@@H](Cc2ccccc2)N(C)C)c1. The highest BCUT2D eigenvalue weighted by molar-refractivity contribution is 7.80. The summed E-state index contributed by atoms with van der Waals surface area (Å²) in [5, 5.41) is 7.34. The standard InChI is InChI=1S/C20H27N3S/c1-15-10-11-16(2)19(12-15)22-20(24)21-14-18(23(3)4)13-17-8-6-5-7-9-17/h5-12,18H,13-14H2,1-4H3,(H2,21,22,24)/t18-/m1/s1. The molecule has 0 spiro atoms. The second kappa shape index (κ2) is 8.81. The fourth-order valence-corrected chi connectivity index (χ4v) is 2.76. The molecule has 24 heavy (non-hydrogen) atoms. The summed E-state index contributed by atoms with van der Waals surface area (Å²) in [4.78, 5) is 2.24. The summed E-state index contributed by atoms with van der Waals surface area (Å²) in [6.07, 6.45) is 0.993. The van der Waals surface area contributed by atoms with Crippen LogP contribution in [0.5, 0.6) is 0 Å². The molecule has 2 rings (SSSR count). The van der Waals surface area contributed by atoms with Crippen molar-refractivity contribution in [2.75, 3.05) is 26.0 Å². The quantitative estimate of drug-likeness (QED) is 0.782. The maximum atomic E-state index is 5.47. The van der Waals surface area contributed by atoms with E-state index in [0.29, 0.717) is 11.2 Å². The van der Waals surface area contributed by atoms with Crippen LogP contribution in [0, 0.1) is 13.8 Å². The molecule has 0 aliphatic rings. The molecule has 0 radical (unpaired) electrons. The van der Waals surface area contributed by atoms with Gasteiger partial charge in [-0.1, -0.05) is 42.5 Å². The maximum absolute atomic E-state index is 5.47. The summed E-state index contributed by atoms with van der Waals surface area (Å²) < 4.78 is 0. The van der Waals surface area contributed by atoms with Crippen LogP contribution in [0.15, 0.2) is 48.5 Å². The van der Waals surface area contributed by atoms with Gasteiger partial charge in [-0.25, -0.2) is 0 Å². The van der Waals surface area contributed by atoms with Crippen molar-refractivity contribution in [3.05, 3.63) is 65.2 Å². The summed E-state index contributed by atoms with van der Waals surface area (Å²) >= 11 is 5.47. The van der Waals surface area contributed by atoms with E-state index in [-0.39, 0.29) is 0 Å². The smallest absolute Gasteiger partial charge is 0.170 e. The number of nitrogens with one attached hydrogen (secondary N) is 2. The van der Waals surface area contributed by atoms with Crippen molar-refractivity contribution in [1.82, 2.24) is 10.2 Å². The Morgan fingerprint density at radius 2 is 1.79 bits per heavy atom. The van der Waals surface area contributed by atoms with E-state index in [9.17, 15) is 0 Å². The molecule has 0 aliphatic carbocycles. The average Bonchev–Trinajstić information content (AvgIpc) is 2.55. The fourth-order valence-electron chi connectivity index (χ4n) is 2.57. The van der Waals surface area contributed by atoms with Crippen LogP contribution in [-0.2, 0) is 6.42 Å². The Morgan fingerprint density at radius 1 is 1.08 bits per heavy atom. The Morgan fingerprint density at radius 3 is 2.46 bits per heavy atom. The van der Waals surface area contributed by atoms with Gasteiger partial charge in [-0.05, 0) is 69.3 Å². The van der Waals surface area contributed by atoms with Gasteiger partial charge in [0.25, 0.3) is 0 Å². The number of rotatable bonds is 6. The van der Waals surface area contributed by atoms with Gasteiger partial charge in [0.1, 0.15) is 0 Å². The predicted molar refractivity (Wildman–Crippen MR) is 108 cm³/mol. The van der Waals surface area contributed by atoms with E-state index < -0.39 is 0 Å². The lowest BCUT2D eigenvalue weighted by molar-refractivity contribution is 0.291. The number of nitrogens with zero attached hydrogens (tertiary/aromatic N) is 1. The third-order valence-corrected chi connectivity index (χ3v) is 4.43. The zero-order chi connectivity index (χ0) is 17.5. The van der Waals surface area contributed by atoms with Crippen molar-refractivity contribution in [1.29, 1.82) is 0 Å². The molecule has 0 saturated heterocycles. The first-order valence-electron chi connectivity index (χ1n) is 8.28. The van der Waals surface area contributed by atoms with Gasteiger partial charge in [0.15, 0.2) is 5.11 Å². The fraction of sp³-hybridized carbons (Fsp3) is 0.350. The van der Waals surface area contributed by atoms with Crippen LogP contribution in [0.3, 0.4) is 0 Å². The number of aryl methyl sites for hydroxylation is 2. The monoisotopic (exact) mass is 341 g/mol. The number of thiocarbonyl (C=S) groups is 1. The van der Waals surface area contributed by atoms with E-state index >= 15 is 0 Å². The van der Waals surface area contributed by atoms with E-state index in [4.69, 9.17) is 12.2 Å². The highest BCUT2D eigenvalue weighted by Crippen LogP contribution is 2.16. The van der Waals surface area contributed by atoms with E-state index in [1.165, 1.54) is 16.7 Å². The van der Waals surface area contributed by atoms with Crippen LogP contribution in [0.4, 0.5) is 5.69 Å². The van der Waals surface area contributed by atoms with E-state index in [0.717, 1.165) is 18.7 Å². The Labute approximate surface area is 151 Å². The van der Waals surface area contributed by atoms with Gasteiger partial charge in [0.05, 0.1) is 0 Å². The van der Waals surface area contributed by atoms with Crippen molar-refractivity contribution in [3.63, 3.8) is 0 Å². The largest absolute Gasteiger partial charge is 0.361 e. The zero-order valence-corrected chi connectivity index (χ0v) is 15.8. The van der Waals surface area contributed by atoms with Crippen molar-refractivity contribution < 1.29 is 0 Å². The van der Waals surface area contributed by atoms with Crippen LogP contribution in [0.25, 0.3) is 0 Å².